The fraction of sp³-hybridized carbons (Fsp3) is 0.364. The van der Waals surface area contributed by atoms with Crippen LogP contribution in [0.5, 0.6) is 0 Å². The zero-order chi connectivity index (χ0) is 24.4. The molecule has 0 bridgehead atoms. The first-order valence-electron chi connectivity index (χ1n) is 10.3. The zero-order valence-electron chi connectivity index (χ0n) is 18.2. The summed E-state index contributed by atoms with van der Waals surface area (Å²) in [6, 6.07) is 9.74. The molecule has 1 aromatic rings. The van der Waals surface area contributed by atoms with E-state index in [0.29, 0.717) is 12.1 Å². The normalized spacial score (nSPS) is 18.0. The molecule has 0 aromatic heterocycles. The summed E-state index contributed by atoms with van der Waals surface area (Å²) in [4.78, 5) is 48.3. The Morgan fingerprint density at radius 1 is 1.00 bits per heavy atom. The molecule has 9 nitrogen and oxygen atoms in total. The molecule has 0 fully saturated rings. The third-order valence-electron chi connectivity index (χ3n) is 4.82. The van der Waals surface area contributed by atoms with Gasteiger partial charge in [-0.15, -0.1) is 0 Å². The van der Waals surface area contributed by atoms with Crippen molar-refractivity contribution in [1.29, 1.82) is 0 Å². The Morgan fingerprint density at radius 3 is 2.12 bits per heavy atom. The molecule has 1 atom stereocenters. The van der Waals surface area contributed by atoms with Crippen LogP contribution in [-0.2, 0) is 25.6 Å². The predicted molar refractivity (Wildman–Crippen MR) is 132 cm³/mol. The van der Waals surface area contributed by atoms with Crippen LogP contribution in [0.3, 0.4) is 0 Å². The van der Waals surface area contributed by atoms with Gasteiger partial charge in [-0.3, -0.25) is 19.2 Å². The molecule has 178 valence electrons. The van der Waals surface area contributed by atoms with E-state index in [1.165, 1.54) is 0 Å². The highest BCUT2D eigenvalue weighted by atomic mass is 79.9. The van der Waals surface area contributed by atoms with E-state index in [4.69, 9.17) is 0 Å². The number of carbonyl (C=O) groups is 4. The molecule has 1 aliphatic rings. The number of rotatable bonds is 9. The van der Waals surface area contributed by atoms with Crippen molar-refractivity contribution in [2.45, 2.75) is 19.4 Å². The molecule has 1 unspecified atom stereocenters. The number of hydrogen-bond acceptors (Lipinski definition) is 5. The first-order valence-corrected chi connectivity index (χ1v) is 11.9. The van der Waals surface area contributed by atoms with E-state index in [2.05, 4.69) is 65.0 Å². The van der Waals surface area contributed by atoms with E-state index in [9.17, 15) is 19.2 Å². The monoisotopic (exact) mass is 583 g/mol. The zero-order valence-corrected chi connectivity index (χ0v) is 21.3. The maximum Gasteiger partial charge on any atom is 0.259 e. The highest BCUT2D eigenvalue weighted by molar-refractivity contribution is 9.14. The molecule has 1 heterocycles. The number of nitrogens with one attached hydrogen (secondary N) is 5. The highest BCUT2D eigenvalue weighted by Gasteiger charge is 2.23. The third-order valence-corrected chi connectivity index (χ3v) is 6.86. The van der Waals surface area contributed by atoms with E-state index in [1.807, 2.05) is 37.3 Å². The second kappa shape index (κ2) is 13.1. The molecule has 1 aliphatic heterocycles. The predicted octanol–water partition coefficient (Wildman–Crippen LogP) is 0.817. The number of benzene rings is 1. The van der Waals surface area contributed by atoms with Crippen LogP contribution in [0.15, 0.2) is 51.6 Å². The van der Waals surface area contributed by atoms with Gasteiger partial charge in [0, 0.05) is 30.7 Å². The van der Waals surface area contributed by atoms with Gasteiger partial charge in [0.25, 0.3) is 11.8 Å². The summed E-state index contributed by atoms with van der Waals surface area (Å²) in [6.45, 7) is 5.99. The van der Waals surface area contributed by atoms with Crippen molar-refractivity contribution in [3.63, 3.8) is 0 Å². The molecule has 0 spiro atoms. The minimum absolute atomic E-state index is 0.0712. The van der Waals surface area contributed by atoms with Crippen LogP contribution in [0.2, 0.25) is 0 Å². The van der Waals surface area contributed by atoms with Crippen LogP contribution < -0.4 is 26.6 Å². The van der Waals surface area contributed by atoms with Crippen molar-refractivity contribution in [2.24, 2.45) is 5.92 Å². The third kappa shape index (κ3) is 9.01. The van der Waals surface area contributed by atoms with Crippen molar-refractivity contribution < 1.29 is 19.2 Å². The van der Waals surface area contributed by atoms with Crippen molar-refractivity contribution >= 4 is 55.5 Å². The Kier molecular flexibility index (Phi) is 10.6. The van der Waals surface area contributed by atoms with E-state index in [0.717, 1.165) is 5.56 Å². The second-order valence-electron chi connectivity index (χ2n) is 7.56. The highest BCUT2D eigenvalue weighted by Crippen LogP contribution is 2.20. The van der Waals surface area contributed by atoms with Crippen molar-refractivity contribution in [3.8, 4) is 0 Å². The second-order valence-corrected chi connectivity index (χ2v) is 9.14. The Labute approximate surface area is 209 Å². The van der Waals surface area contributed by atoms with Crippen LogP contribution in [0.25, 0.3) is 0 Å². The molecule has 4 amide bonds. The van der Waals surface area contributed by atoms with Crippen LogP contribution in [0, 0.1) is 5.92 Å². The summed E-state index contributed by atoms with van der Waals surface area (Å²) in [5.74, 6) is -1.89. The molecule has 33 heavy (non-hydrogen) atoms. The van der Waals surface area contributed by atoms with Gasteiger partial charge in [-0.2, -0.15) is 0 Å². The Morgan fingerprint density at radius 2 is 1.55 bits per heavy atom. The number of amides is 4. The van der Waals surface area contributed by atoms with Crippen LogP contribution in [0.4, 0.5) is 0 Å². The quantitative estimate of drug-likeness (QED) is 0.293. The molecule has 5 N–H and O–H groups in total. The van der Waals surface area contributed by atoms with Gasteiger partial charge in [-0.05, 0) is 50.8 Å². The number of carbonyl (C=O) groups excluding carboxylic acids is 4. The van der Waals surface area contributed by atoms with Gasteiger partial charge in [-0.25, -0.2) is 0 Å². The molecule has 0 aliphatic carbocycles. The van der Waals surface area contributed by atoms with Crippen LogP contribution in [-0.4, -0.2) is 55.8 Å². The van der Waals surface area contributed by atoms with Gasteiger partial charge in [-0.1, -0.05) is 36.9 Å². The summed E-state index contributed by atoms with van der Waals surface area (Å²) in [7, 11) is 0. The van der Waals surface area contributed by atoms with Gasteiger partial charge in [0.1, 0.15) is 8.96 Å². The molecular weight excluding hydrogens is 558 g/mol. The lowest BCUT2D eigenvalue weighted by molar-refractivity contribution is -0.125. The van der Waals surface area contributed by atoms with Crippen molar-refractivity contribution in [1.82, 2.24) is 26.6 Å². The first-order chi connectivity index (χ1) is 15.7. The maximum absolute atomic E-state index is 12.1. The minimum atomic E-state index is -0.443. The first kappa shape index (κ1) is 26.6. The van der Waals surface area contributed by atoms with E-state index in [-0.39, 0.29) is 58.9 Å². The largest absolute Gasteiger partial charge is 0.380 e. The summed E-state index contributed by atoms with van der Waals surface area (Å²) < 4.78 is 0.185. The lowest BCUT2D eigenvalue weighted by Crippen LogP contribution is -2.44. The summed E-state index contributed by atoms with van der Waals surface area (Å²) in [5.41, 5.74) is 1.59. The number of halogens is 2. The summed E-state index contributed by atoms with van der Waals surface area (Å²) >= 11 is 6.16. The lowest BCUT2D eigenvalue weighted by atomic mass is 10.1. The SMILES string of the molecule is C=C(NCC(=O)NCC(=O)NC(C)Cc1ccccc1)C1CNC(=O)/C(Br)=C(/Br)C(=O)NC1. The average Bonchev–Trinajstić information content (AvgIpc) is 2.83. The molecule has 0 saturated carbocycles. The van der Waals surface area contributed by atoms with Crippen LogP contribution >= 0.6 is 31.9 Å². The van der Waals surface area contributed by atoms with Gasteiger partial charge in [0.15, 0.2) is 0 Å². The molecule has 2 rings (SSSR count). The van der Waals surface area contributed by atoms with Crippen molar-refractivity contribution in [3.05, 3.63) is 57.1 Å². The van der Waals surface area contributed by atoms with Gasteiger partial charge in [0.2, 0.25) is 11.8 Å². The topological polar surface area (TPSA) is 128 Å². The maximum atomic E-state index is 12.1. The Bertz CT molecular complexity index is 908. The standard InChI is InChI=1S/C22H27Br2N5O4/c1-13(8-15-6-4-3-5-7-15)29-18(31)12-26-17(30)11-25-14(2)16-9-27-21(32)19(23)20(24)22(33)28-10-16/h3-7,13,16,25H,2,8-12H2,1H3,(H,26,30)(H,27,32)(H,28,33)(H,29,31)/b20-19-. The van der Waals surface area contributed by atoms with E-state index < -0.39 is 11.8 Å². The summed E-state index contributed by atoms with van der Waals surface area (Å²) in [6.07, 6.45) is 0.693. The van der Waals surface area contributed by atoms with Crippen LogP contribution in [0.1, 0.15) is 12.5 Å². The smallest absolute Gasteiger partial charge is 0.259 e. The molecule has 0 saturated heterocycles. The lowest BCUT2D eigenvalue weighted by Gasteiger charge is -2.21. The average molecular weight is 585 g/mol. The molecule has 1 aromatic carbocycles. The molecule has 0 radical (unpaired) electrons. The number of hydrogen-bond donors (Lipinski definition) is 5. The fourth-order valence-electron chi connectivity index (χ4n) is 3.03. The van der Waals surface area contributed by atoms with E-state index >= 15 is 0 Å². The minimum Gasteiger partial charge on any atom is -0.380 e. The fourth-order valence-corrected chi connectivity index (χ4v) is 3.67. The van der Waals surface area contributed by atoms with Gasteiger partial charge < -0.3 is 26.6 Å². The Balaban J connectivity index is 1.72. The molecular formula is C22H27Br2N5O4. The molecule has 11 heteroatoms. The Hall–Kier alpha value is -2.66. The van der Waals surface area contributed by atoms with E-state index in [1.54, 1.807) is 0 Å². The van der Waals surface area contributed by atoms with Gasteiger partial charge in [0.05, 0.1) is 13.1 Å². The van der Waals surface area contributed by atoms with Gasteiger partial charge >= 0.3 is 0 Å². The van der Waals surface area contributed by atoms with Crippen molar-refractivity contribution in [2.75, 3.05) is 26.2 Å². The summed E-state index contributed by atoms with van der Waals surface area (Å²) in [5, 5.41) is 13.7.